The van der Waals surface area contributed by atoms with Gasteiger partial charge in [0, 0.05) is 30.9 Å². The third-order valence-corrected chi connectivity index (χ3v) is 3.88. The van der Waals surface area contributed by atoms with Crippen LogP contribution in [0.4, 0.5) is 5.69 Å². The van der Waals surface area contributed by atoms with Crippen molar-refractivity contribution in [1.82, 2.24) is 0 Å². The maximum Gasteiger partial charge on any atom is 0.106 e. The van der Waals surface area contributed by atoms with E-state index in [1.54, 1.807) is 0 Å². The zero-order valence-corrected chi connectivity index (χ0v) is 12.5. The van der Waals surface area contributed by atoms with Gasteiger partial charge in [0.2, 0.25) is 0 Å². The lowest BCUT2D eigenvalue weighted by Gasteiger charge is -2.35. The minimum atomic E-state index is 0.401. The van der Waals surface area contributed by atoms with Gasteiger partial charge in [-0.2, -0.15) is 0 Å². The van der Waals surface area contributed by atoms with Gasteiger partial charge in [-0.05, 0) is 38.3 Å². The second-order valence-electron chi connectivity index (χ2n) is 4.98. The van der Waals surface area contributed by atoms with Crippen molar-refractivity contribution < 1.29 is 4.74 Å². The number of hydrogen-bond donors (Lipinski definition) is 1. The van der Waals surface area contributed by atoms with Crippen molar-refractivity contribution in [2.45, 2.75) is 32.8 Å². The molecule has 1 aromatic rings. The normalized spacial score (nSPS) is 16.6. The molecular weight excluding hydrogens is 256 g/mol. The molecule has 1 aliphatic rings. The summed E-state index contributed by atoms with van der Waals surface area (Å²) in [6, 6.07) is 6.14. The van der Waals surface area contributed by atoms with E-state index in [4.69, 9.17) is 22.7 Å². The molecule has 0 spiro atoms. The van der Waals surface area contributed by atoms with Gasteiger partial charge in [0.15, 0.2) is 0 Å². The van der Waals surface area contributed by atoms with E-state index in [0.717, 1.165) is 38.1 Å². The first kappa shape index (κ1) is 14.3. The fourth-order valence-electron chi connectivity index (χ4n) is 2.76. The predicted octanol–water partition coefficient (Wildman–Crippen LogP) is 2.63. The van der Waals surface area contributed by atoms with E-state index in [9.17, 15) is 0 Å². The first-order chi connectivity index (χ1) is 9.13. The van der Waals surface area contributed by atoms with Gasteiger partial charge in [0.05, 0.1) is 6.10 Å². The molecule has 0 radical (unpaired) electrons. The summed E-state index contributed by atoms with van der Waals surface area (Å²) in [5.41, 5.74) is 9.27. The number of rotatable bonds is 4. The number of piperidine rings is 1. The number of ether oxygens (including phenoxy) is 1. The van der Waals surface area contributed by atoms with Gasteiger partial charge in [-0.1, -0.05) is 24.4 Å². The van der Waals surface area contributed by atoms with Gasteiger partial charge in [-0.15, -0.1) is 0 Å². The number of aryl methyl sites for hydroxylation is 1. The molecular formula is C15H22N2OS. The molecule has 3 nitrogen and oxygen atoms in total. The average Bonchev–Trinajstić information content (AvgIpc) is 2.40. The van der Waals surface area contributed by atoms with Crippen molar-refractivity contribution in [3.05, 3.63) is 29.3 Å². The summed E-state index contributed by atoms with van der Waals surface area (Å²) >= 11 is 5.17. The SMILES string of the molecule is CCOC1CCN(c2c(C)cccc2C(N)=S)CC1. The van der Waals surface area contributed by atoms with Crippen LogP contribution in [-0.4, -0.2) is 30.8 Å². The second kappa shape index (κ2) is 6.35. The molecule has 1 fully saturated rings. The Morgan fingerprint density at radius 3 is 2.68 bits per heavy atom. The Bertz CT molecular complexity index is 453. The number of nitrogens with zero attached hydrogens (tertiary/aromatic N) is 1. The van der Waals surface area contributed by atoms with Crippen LogP contribution in [0.15, 0.2) is 18.2 Å². The zero-order chi connectivity index (χ0) is 13.8. The summed E-state index contributed by atoms with van der Waals surface area (Å²) in [4.78, 5) is 2.87. The molecule has 0 atom stereocenters. The Balaban J connectivity index is 2.17. The van der Waals surface area contributed by atoms with Crippen molar-refractivity contribution in [2.75, 3.05) is 24.6 Å². The van der Waals surface area contributed by atoms with Crippen LogP contribution >= 0.6 is 12.2 Å². The first-order valence-electron chi connectivity index (χ1n) is 6.89. The topological polar surface area (TPSA) is 38.5 Å². The Morgan fingerprint density at radius 1 is 1.42 bits per heavy atom. The molecule has 0 aromatic heterocycles. The average molecular weight is 278 g/mol. The van der Waals surface area contributed by atoms with E-state index < -0.39 is 0 Å². The van der Waals surface area contributed by atoms with Crippen molar-refractivity contribution in [3.63, 3.8) is 0 Å². The van der Waals surface area contributed by atoms with E-state index in [1.165, 1.54) is 11.3 Å². The third kappa shape index (κ3) is 3.25. The molecule has 2 rings (SSSR count). The van der Waals surface area contributed by atoms with Gasteiger partial charge < -0.3 is 15.4 Å². The highest BCUT2D eigenvalue weighted by Gasteiger charge is 2.22. The van der Waals surface area contributed by atoms with E-state index in [1.807, 2.05) is 12.1 Å². The Labute approximate surface area is 120 Å². The monoisotopic (exact) mass is 278 g/mol. The summed E-state index contributed by atoms with van der Waals surface area (Å²) in [5.74, 6) is 0. The Morgan fingerprint density at radius 2 is 2.11 bits per heavy atom. The zero-order valence-electron chi connectivity index (χ0n) is 11.7. The molecule has 0 saturated carbocycles. The third-order valence-electron chi connectivity index (χ3n) is 3.66. The fraction of sp³-hybridized carbons (Fsp3) is 0.533. The Hall–Kier alpha value is -1.13. The Kier molecular flexibility index (Phi) is 4.77. The second-order valence-corrected chi connectivity index (χ2v) is 5.42. The lowest BCUT2D eigenvalue weighted by molar-refractivity contribution is 0.0459. The number of thiocarbonyl (C=S) groups is 1. The summed E-state index contributed by atoms with van der Waals surface area (Å²) < 4.78 is 5.70. The molecule has 0 unspecified atom stereocenters. The highest BCUT2D eigenvalue weighted by atomic mass is 32.1. The molecule has 1 heterocycles. The number of nitrogens with two attached hydrogens (primary N) is 1. The van der Waals surface area contributed by atoms with Crippen LogP contribution in [0.3, 0.4) is 0 Å². The quantitative estimate of drug-likeness (QED) is 0.859. The van der Waals surface area contributed by atoms with Crippen molar-refractivity contribution in [2.24, 2.45) is 5.73 Å². The minimum Gasteiger partial charge on any atom is -0.389 e. The molecule has 2 N–H and O–H groups in total. The maximum atomic E-state index is 5.85. The smallest absolute Gasteiger partial charge is 0.106 e. The number of benzene rings is 1. The molecule has 1 aliphatic heterocycles. The van der Waals surface area contributed by atoms with Gasteiger partial charge in [-0.3, -0.25) is 0 Å². The summed E-state index contributed by atoms with van der Waals surface area (Å²) in [6.45, 7) is 6.98. The van der Waals surface area contributed by atoms with Gasteiger partial charge in [0.1, 0.15) is 4.99 Å². The van der Waals surface area contributed by atoms with Gasteiger partial charge >= 0.3 is 0 Å². The van der Waals surface area contributed by atoms with Crippen LogP contribution in [0, 0.1) is 6.92 Å². The number of hydrogen-bond acceptors (Lipinski definition) is 3. The molecule has 4 heteroatoms. The van der Waals surface area contributed by atoms with Crippen LogP contribution in [0.5, 0.6) is 0 Å². The van der Waals surface area contributed by atoms with Crippen molar-refractivity contribution in [3.8, 4) is 0 Å². The van der Waals surface area contributed by atoms with Gasteiger partial charge in [-0.25, -0.2) is 0 Å². The molecule has 19 heavy (non-hydrogen) atoms. The molecule has 0 amide bonds. The van der Waals surface area contributed by atoms with Crippen LogP contribution in [0.25, 0.3) is 0 Å². The van der Waals surface area contributed by atoms with E-state index in [-0.39, 0.29) is 0 Å². The van der Waals surface area contributed by atoms with Crippen LogP contribution in [0.2, 0.25) is 0 Å². The highest BCUT2D eigenvalue weighted by molar-refractivity contribution is 7.80. The molecule has 0 bridgehead atoms. The lowest BCUT2D eigenvalue weighted by Crippen LogP contribution is -2.38. The molecule has 0 aliphatic carbocycles. The lowest BCUT2D eigenvalue weighted by atomic mass is 10.0. The fourth-order valence-corrected chi connectivity index (χ4v) is 2.92. The summed E-state index contributed by atoms with van der Waals surface area (Å²) in [5, 5.41) is 0. The molecule has 1 saturated heterocycles. The molecule has 1 aromatic carbocycles. The van der Waals surface area contributed by atoms with Crippen molar-refractivity contribution >= 4 is 22.9 Å². The minimum absolute atomic E-state index is 0.401. The van der Waals surface area contributed by atoms with Crippen molar-refractivity contribution in [1.29, 1.82) is 0 Å². The summed E-state index contributed by atoms with van der Waals surface area (Å²) in [6.07, 6.45) is 2.54. The number of anilines is 1. The standard InChI is InChI=1S/C15H22N2OS/c1-3-18-12-7-9-17(10-8-12)14-11(2)5-4-6-13(14)15(16)19/h4-6,12H,3,7-10H2,1-2H3,(H2,16,19). The van der Waals surface area contributed by atoms with E-state index in [0.29, 0.717) is 11.1 Å². The predicted molar refractivity (Wildman–Crippen MR) is 83.9 cm³/mol. The van der Waals surface area contributed by atoms with Crippen LogP contribution in [0.1, 0.15) is 30.9 Å². The largest absolute Gasteiger partial charge is 0.389 e. The molecule has 104 valence electrons. The van der Waals surface area contributed by atoms with Crippen LogP contribution in [-0.2, 0) is 4.74 Å². The van der Waals surface area contributed by atoms with Gasteiger partial charge in [0.25, 0.3) is 0 Å². The van der Waals surface area contributed by atoms with E-state index in [2.05, 4.69) is 24.8 Å². The maximum absolute atomic E-state index is 5.85. The summed E-state index contributed by atoms with van der Waals surface area (Å²) in [7, 11) is 0. The van der Waals surface area contributed by atoms with Crippen LogP contribution < -0.4 is 10.6 Å². The van der Waals surface area contributed by atoms with E-state index >= 15 is 0 Å². The number of para-hydroxylation sites is 1. The first-order valence-corrected chi connectivity index (χ1v) is 7.30. The highest BCUT2D eigenvalue weighted by Crippen LogP contribution is 2.28.